The third-order valence-corrected chi connectivity index (χ3v) is 4.74. The first-order chi connectivity index (χ1) is 8.74. The van der Waals surface area contributed by atoms with Gasteiger partial charge in [0, 0.05) is 10.7 Å². The van der Waals surface area contributed by atoms with Gasteiger partial charge >= 0.3 is 0 Å². The van der Waals surface area contributed by atoms with Crippen molar-refractivity contribution in [2.75, 3.05) is 5.33 Å². The van der Waals surface area contributed by atoms with Crippen LogP contribution in [0.15, 0.2) is 34.9 Å². The Hall–Kier alpha value is -1.29. The lowest BCUT2D eigenvalue weighted by atomic mass is 9.78. The summed E-state index contributed by atoms with van der Waals surface area (Å²) in [5.41, 5.74) is 1.32. The first-order valence-electron chi connectivity index (χ1n) is 6.09. The fraction of sp³-hybridized carbons (Fsp3) is 0.357. The van der Waals surface area contributed by atoms with Crippen LogP contribution in [0.25, 0.3) is 11.0 Å². The minimum atomic E-state index is -0.0601. The first-order valence-corrected chi connectivity index (χ1v) is 7.21. The van der Waals surface area contributed by atoms with Crippen LogP contribution in [0.4, 0.5) is 0 Å². The zero-order chi connectivity index (χ0) is 12.6. The van der Waals surface area contributed by atoms with Crippen molar-refractivity contribution in [3.8, 4) is 0 Å². The molecule has 0 bridgehead atoms. The van der Waals surface area contributed by atoms with E-state index in [9.17, 15) is 4.79 Å². The molecule has 1 N–H and O–H groups in total. The molecule has 0 radical (unpaired) electrons. The molecule has 1 aromatic carbocycles. The van der Waals surface area contributed by atoms with E-state index in [1.807, 2.05) is 24.3 Å². The molecule has 18 heavy (non-hydrogen) atoms. The summed E-state index contributed by atoms with van der Waals surface area (Å²) < 4.78 is 5.40. The maximum Gasteiger partial charge on any atom is 0.255 e. The number of carbonyl (C=O) groups excluding carboxylic acids is 1. The predicted molar refractivity (Wildman–Crippen MR) is 74.1 cm³/mol. The number of carbonyl (C=O) groups is 1. The van der Waals surface area contributed by atoms with Crippen molar-refractivity contribution >= 4 is 32.8 Å². The summed E-state index contributed by atoms with van der Waals surface area (Å²) in [6.07, 6.45) is 4.80. The molecular weight excluding hydrogens is 294 g/mol. The minimum absolute atomic E-state index is 0.0425. The van der Waals surface area contributed by atoms with Gasteiger partial charge in [-0.1, -0.05) is 34.1 Å². The van der Waals surface area contributed by atoms with Crippen LogP contribution in [0, 0.1) is 0 Å². The number of hydrogen-bond donors (Lipinski definition) is 1. The maximum atomic E-state index is 12.3. The van der Waals surface area contributed by atoms with Crippen molar-refractivity contribution in [3.05, 3.63) is 36.1 Å². The van der Waals surface area contributed by atoms with Gasteiger partial charge in [-0.15, -0.1) is 0 Å². The van der Waals surface area contributed by atoms with Crippen LogP contribution in [0.1, 0.15) is 29.6 Å². The number of nitrogens with one attached hydrogen (secondary N) is 1. The van der Waals surface area contributed by atoms with E-state index >= 15 is 0 Å². The lowest BCUT2D eigenvalue weighted by Crippen LogP contribution is -2.54. The van der Waals surface area contributed by atoms with E-state index < -0.39 is 0 Å². The number of alkyl halides is 1. The quantitative estimate of drug-likeness (QED) is 0.882. The van der Waals surface area contributed by atoms with Crippen LogP contribution < -0.4 is 5.32 Å². The predicted octanol–water partition coefficient (Wildman–Crippen LogP) is 3.48. The van der Waals surface area contributed by atoms with E-state index in [-0.39, 0.29) is 11.4 Å². The van der Waals surface area contributed by atoms with Gasteiger partial charge in [0.05, 0.1) is 11.1 Å². The molecule has 1 amide bonds. The van der Waals surface area contributed by atoms with Crippen LogP contribution in [0.5, 0.6) is 0 Å². The number of furan rings is 1. The summed E-state index contributed by atoms with van der Waals surface area (Å²) in [6.45, 7) is 0. The van der Waals surface area contributed by atoms with E-state index in [0.717, 1.165) is 29.1 Å². The highest BCUT2D eigenvalue weighted by atomic mass is 79.9. The fourth-order valence-corrected chi connectivity index (χ4v) is 3.06. The summed E-state index contributed by atoms with van der Waals surface area (Å²) in [7, 11) is 0. The molecule has 0 unspecified atom stereocenters. The Morgan fingerprint density at radius 3 is 2.83 bits per heavy atom. The first kappa shape index (κ1) is 11.8. The normalized spacial score (nSPS) is 17.4. The molecule has 0 saturated heterocycles. The number of hydrogen-bond acceptors (Lipinski definition) is 2. The van der Waals surface area contributed by atoms with Gasteiger partial charge in [0.25, 0.3) is 5.91 Å². The van der Waals surface area contributed by atoms with E-state index in [4.69, 9.17) is 4.42 Å². The maximum absolute atomic E-state index is 12.3. The Bertz CT molecular complexity index is 581. The minimum Gasteiger partial charge on any atom is -0.463 e. The molecule has 0 spiro atoms. The molecule has 4 heteroatoms. The Morgan fingerprint density at radius 1 is 1.39 bits per heavy atom. The number of fused-ring (bicyclic) bond motifs is 1. The molecule has 94 valence electrons. The summed E-state index contributed by atoms with van der Waals surface area (Å²) >= 11 is 3.49. The molecule has 1 heterocycles. The zero-order valence-electron chi connectivity index (χ0n) is 9.91. The number of rotatable bonds is 3. The molecule has 0 aliphatic heterocycles. The average Bonchev–Trinajstić information content (AvgIpc) is 2.77. The summed E-state index contributed by atoms with van der Waals surface area (Å²) in [4.78, 5) is 12.3. The lowest BCUT2D eigenvalue weighted by molar-refractivity contribution is 0.0857. The Morgan fingerprint density at radius 2 is 2.17 bits per heavy atom. The molecule has 1 saturated carbocycles. The van der Waals surface area contributed by atoms with Crippen LogP contribution >= 0.6 is 15.9 Å². The van der Waals surface area contributed by atoms with E-state index in [2.05, 4.69) is 21.2 Å². The third-order valence-electron chi connectivity index (χ3n) is 3.67. The molecule has 0 atom stereocenters. The standard InChI is InChI=1S/C14H14BrNO2/c15-9-14(6-3-7-14)16-13(17)11-8-18-12-5-2-1-4-10(11)12/h1-2,4-5,8H,3,6-7,9H2,(H,16,17). The summed E-state index contributed by atoms with van der Waals surface area (Å²) in [5, 5.41) is 4.81. The van der Waals surface area contributed by atoms with Crippen molar-refractivity contribution in [2.45, 2.75) is 24.8 Å². The number of amides is 1. The van der Waals surface area contributed by atoms with Gasteiger partial charge < -0.3 is 9.73 Å². The molecule has 2 aromatic rings. The topological polar surface area (TPSA) is 42.2 Å². The van der Waals surface area contributed by atoms with Gasteiger partial charge in [-0.05, 0) is 25.3 Å². The molecule has 3 rings (SSSR count). The smallest absolute Gasteiger partial charge is 0.255 e. The SMILES string of the molecule is O=C(NC1(CBr)CCC1)c1coc2ccccc12. The fourth-order valence-electron chi connectivity index (χ4n) is 2.36. The molecular formula is C14H14BrNO2. The van der Waals surface area contributed by atoms with E-state index in [1.54, 1.807) is 6.26 Å². The van der Waals surface area contributed by atoms with Crippen LogP contribution in [-0.2, 0) is 0 Å². The van der Waals surface area contributed by atoms with E-state index in [0.29, 0.717) is 5.56 Å². The highest BCUT2D eigenvalue weighted by molar-refractivity contribution is 9.09. The highest BCUT2D eigenvalue weighted by Crippen LogP contribution is 2.34. The summed E-state index contributed by atoms with van der Waals surface area (Å²) in [5.74, 6) is -0.0425. The van der Waals surface area contributed by atoms with Gasteiger partial charge in [-0.25, -0.2) is 0 Å². The monoisotopic (exact) mass is 307 g/mol. The van der Waals surface area contributed by atoms with Crippen molar-refractivity contribution < 1.29 is 9.21 Å². The number of para-hydroxylation sites is 1. The van der Waals surface area contributed by atoms with Gasteiger partial charge in [0.15, 0.2) is 0 Å². The Balaban J connectivity index is 1.88. The Labute approximate surface area is 114 Å². The Kier molecular flexibility index (Phi) is 2.90. The second-order valence-electron chi connectivity index (χ2n) is 4.87. The van der Waals surface area contributed by atoms with Crippen molar-refractivity contribution in [1.29, 1.82) is 0 Å². The van der Waals surface area contributed by atoms with Crippen LogP contribution in [-0.4, -0.2) is 16.8 Å². The number of benzene rings is 1. The van der Waals surface area contributed by atoms with Gasteiger partial charge in [-0.2, -0.15) is 0 Å². The van der Waals surface area contributed by atoms with Gasteiger partial charge in [-0.3, -0.25) is 4.79 Å². The molecule has 3 nitrogen and oxygen atoms in total. The molecule has 1 aliphatic rings. The van der Waals surface area contributed by atoms with Crippen molar-refractivity contribution in [3.63, 3.8) is 0 Å². The van der Waals surface area contributed by atoms with Gasteiger partial charge in [0.1, 0.15) is 11.8 Å². The van der Waals surface area contributed by atoms with Crippen LogP contribution in [0.3, 0.4) is 0 Å². The van der Waals surface area contributed by atoms with Crippen molar-refractivity contribution in [1.82, 2.24) is 5.32 Å². The largest absolute Gasteiger partial charge is 0.463 e. The zero-order valence-corrected chi connectivity index (χ0v) is 11.5. The summed E-state index contributed by atoms with van der Waals surface area (Å²) in [6, 6.07) is 7.60. The molecule has 1 aliphatic carbocycles. The van der Waals surface area contributed by atoms with E-state index in [1.165, 1.54) is 6.42 Å². The van der Waals surface area contributed by atoms with Crippen LogP contribution in [0.2, 0.25) is 0 Å². The average molecular weight is 308 g/mol. The lowest BCUT2D eigenvalue weighted by Gasteiger charge is -2.41. The second-order valence-corrected chi connectivity index (χ2v) is 5.43. The second kappa shape index (κ2) is 4.43. The third kappa shape index (κ3) is 1.85. The molecule has 1 aromatic heterocycles. The van der Waals surface area contributed by atoms with Gasteiger partial charge in [0.2, 0.25) is 0 Å². The molecule has 1 fully saturated rings. The highest BCUT2D eigenvalue weighted by Gasteiger charge is 2.37. The van der Waals surface area contributed by atoms with Crippen molar-refractivity contribution in [2.24, 2.45) is 0 Å². The number of halogens is 1.